The second-order valence-electron chi connectivity index (χ2n) is 7.09. The van der Waals surface area contributed by atoms with Crippen molar-refractivity contribution in [2.45, 2.75) is 52.1 Å². The van der Waals surface area contributed by atoms with Gasteiger partial charge < -0.3 is 20.3 Å². The number of likely N-dealkylation sites (tertiary alicyclic amines) is 1. The Bertz CT molecular complexity index is 347. The zero-order chi connectivity index (χ0) is 15.8. The highest BCUT2D eigenvalue weighted by Gasteiger charge is 2.29. The van der Waals surface area contributed by atoms with Gasteiger partial charge in [-0.15, -0.1) is 0 Å². The molecule has 2 rings (SSSR count). The third-order valence-electron chi connectivity index (χ3n) is 4.60. The Kier molecular flexibility index (Phi) is 6.96. The molecule has 0 aliphatic carbocycles. The van der Waals surface area contributed by atoms with Crippen molar-refractivity contribution < 1.29 is 4.74 Å². The van der Waals surface area contributed by atoms with Gasteiger partial charge in [-0.3, -0.25) is 4.99 Å². The van der Waals surface area contributed by atoms with Gasteiger partial charge in [0, 0.05) is 26.2 Å². The molecule has 0 saturated carbocycles. The van der Waals surface area contributed by atoms with Crippen molar-refractivity contribution in [3.05, 3.63) is 0 Å². The molecule has 0 spiro atoms. The van der Waals surface area contributed by atoms with Gasteiger partial charge in [0.05, 0.1) is 12.1 Å². The van der Waals surface area contributed by atoms with E-state index >= 15 is 0 Å². The van der Waals surface area contributed by atoms with E-state index in [1.165, 1.54) is 32.5 Å². The van der Waals surface area contributed by atoms with Gasteiger partial charge in [-0.1, -0.05) is 6.92 Å². The van der Waals surface area contributed by atoms with Crippen molar-refractivity contribution in [3.63, 3.8) is 0 Å². The second-order valence-corrected chi connectivity index (χ2v) is 7.09. The summed E-state index contributed by atoms with van der Waals surface area (Å²) in [6.45, 7) is 13.8. The molecule has 0 aromatic heterocycles. The van der Waals surface area contributed by atoms with Gasteiger partial charge in [0.2, 0.25) is 0 Å². The molecule has 2 heterocycles. The van der Waals surface area contributed by atoms with Crippen LogP contribution in [0.25, 0.3) is 0 Å². The topological polar surface area (TPSA) is 48.9 Å². The molecule has 0 aromatic rings. The molecule has 0 bridgehead atoms. The summed E-state index contributed by atoms with van der Waals surface area (Å²) >= 11 is 0. The molecule has 2 aliphatic heterocycles. The maximum Gasteiger partial charge on any atom is 0.191 e. The molecular weight excluding hydrogens is 276 g/mol. The maximum absolute atomic E-state index is 5.81. The highest BCUT2D eigenvalue weighted by molar-refractivity contribution is 5.79. The number of aliphatic imine (C=N–C) groups is 1. The summed E-state index contributed by atoms with van der Waals surface area (Å²) < 4.78 is 5.81. The first kappa shape index (κ1) is 17.5. The van der Waals surface area contributed by atoms with Crippen molar-refractivity contribution in [2.24, 2.45) is 10.9 Å². The molecule has 2 unspecified atom stereocenters. The van der Waals surface area contributed by atoms with Crippen molar-refractivity contribution in [1.29, 1.82) is 0 Å². The van der Waals surface area contributed by atoms with E-state index in [1.54, 1.807) is 0 Å². The molecular formula is C17H34N4O. The number of hydrogen-bond donors (Lipinski definition) is 2. The SMILES string of the molecule is CCNC(=NCC1(C)CCCO1)NCC(C)CN1CCCC1. The smallest absolute Gasteiger partial charge is 0.191 e. The highest BCUT2D eigenvalue weighted by Crippen LogP contribution is 2.24. The first-order valence-corrected chi connectivity index (χ1v) is 9.00. The van der Waals surface area contributed by atoms with Gasteiger partial charge in [-0.2, -0.15) is 0 Å². The van der Waals surface area contributed by atoms with Gasteiger partial charge in [0.15, 0.2) is 5.96 Å². The zero-order valence-corrected chi connectivity index (χ0v) is 14.7. The lowest BCUT2D eigenvalue weighted by Crippen LogP contribution is -2.42. The third-order valence-corrected chi connectivity index (χ3v) is 4.60. The Labute approximate surface area is 135 Å². The molecule has 0 amide bonds. The fourth-order valence-electron chi connectivity index (χ4n) is 3.29. The highest BCUT2D eigenvalue weighted by atomic mass is 16.5. The Morgan fingerprint density at radius 1 is 1.27 bits per heavy atom. The van der Waals surface area contributed by atoms with Crippen molar-refractivity contribution >= 4 is 5.96 Å². The monoisotopic (exact) mass is 310 g/mol. The number of nitrogens with one attached hydrogen (secondary N) is 2. The van der Waals surface area contributed by atoms with Gasteiger partial charge in [-0.05, 0) is 58.5 Å². The first-order chi connectivity index (χ1) is 10.6. The quantitative estimate of drug-likeness (QED) is 0.556. The van der Waals surface area contributed by atoms with E-state index in [9.17, 15) is 0 Å². The molecule has 5 nitrogen and oxygen atoms in total. The third kappa shape index (κ3) is 5.76. The maximum atomic E-state index is 5.81. The van der Waals surface area contributed by atoms with Crippen molar-refractivity contribution in [3.8, 4) is 0 Å². The Hall–Kier alpha value is -0.810. The number of guanidine groups is 1. The molecule has 128 valence electrons. The molecule has 2 saturated heterocycles. The van der Waals surface area contributed by atoms with Crippen LogP contribution in [0.4, 0.5) is 0 Å². The summed E-state index contributed by atoms with van der Waals surface area (Å²) in [6, 6.07) is 0. The minimum Gasteiger partial charge on any atom is -0.373 e. The van der Waals surface area contributed by atoms with E-state index < -0.39 is 0 Å². The van der Waals surface area contributed by atoms with Crippen LogP contribution < -0.4 is 10.6 Å². The van der Waals surface area contributed by atoms with Gasteiger partial charge >= 0.3 is 0 Å². The van der Waals surface area contributed by atoms with Crippen LogP contribution in [0.5, 0.6) is 0 Å². The fourth-order valence-corrected chi connectivity index (χ4v) is 3.29. The lowest BCUT2D eigenvalue weighted by Gasteiger charge is -2.23. The average Bonchev–Trinajstić information content (AvgIpc) is 3.14. The van der Waals surface area contributed by atoms with E-state index in [0.29, 0.717) is 5.92 Å². The van der Waals surface area contributed by atoms with Crippen LogP contribution in [0, 0.1) is 5.92 Å². The fraction of sp³-hybridized carbons (Fsp3) is 0.941. The van der Waals surface area contributed by atoms with E-state index in [0.717, 1.165) is 45.0 Å². The van der Waals surface area contributed by atoms with Crippen LogP contribution in [0.15, 0.2) is 4.99 Å². The van der Waals surface area contributed by atoms with Crippen LogP contribution in [-0.2, 0) is 4.74 Å². The molecule has 2 fully saturated rings. The summed E-state index contributed by atoms with van der Waals surface area (Å²) in [5.74, 6) is 1.56. The van der Waals surface area contributed by atoms with E-state index in [-0.39, 0.29) is 5.60 Å². The summed E-state index contributed by atoms with van der Waals surface area (Å²) in [5, 5.41) is 6.83. The van der Waals surface area contributed by atoms with Crippen LogP contribution in [0.1, 0.15) is 46.5 Å². The van der Waals surface area contributed by atoms with E-state index in [4.69, 9.17) is 9.73 Å². The van der Waals surface area contributed by atoms with Gasteiger partial charge in [-0.25, -0.2) is 0 Å². The Morgan fingerprint density at radius 2 is 2.05 bits per heavy atom. The van der Waals surface area contributed by atoms with Crippen molar-refractivity contribution in [2.75, 3.05) is 45.9 Å². The predicted octanol–water partition coefficient (Wildman–Crippen LogP) is 1.84. The van der Waals surface area contributed by atoms with Gasteiger partial charge in [0.1, 0.15) is 0 Å². The summed E-state index contributed by atoms with van der Waals surface area (Å²) in [5.41, 5.74) is -0.0660. The zero-order valence-electron chi connectivity index (χ0n) is 14.7. The number of ether oxygens (including phenoxy) is 1. The summed E-state index contributed by atoms with van der Waals surface area (Å²) in [6.07, 6.45) is 5.00. The second kappa shape index (κ2) is 8.73. The van der Waals surface area contributed by atoms with Crippen LogP contribution in [-0.4, -0.2) is 62.3 Å². The van der Waals surface area contributed by atoms with Crippen molar-refractivity contribution in [1.82, 2.24) is 15.5 Å². The van der Waals surface area contributed by atoms with E-state index in [2.05, 4.69) is 36.3 Å². The molecule has 0 aromatic carbocycles. The standard InChI is InChI=1S/C17H34N4O/c1-4-18-16(20-14-17(3)8-7-11-22-17)19-12-15(2)13-21-9-5-6-10-21/h15H,4-14H2,1-3H3,(H2,18,19,20). The number of rotatable bonds is 7. The van der Waals surface area contributed by atoms with Crippen LogP contribution >= 0.6 is 0 Å². The van der Waals surface area contributed by atoms with Gasteiger partial charge in [0.25, 0.3) is 0 Å². The van der Waals surface area contributed by atoms with E-state index in [1.807, 2.05) is 0 Å². The largest absolute Gasteiger partial charge is 0.373 e. The number of hydrogen-bond acceptors (Lipinski definition) is 3. The average molecular weight is 310 g/mol. The summed E-state index contributed by atoms with van der Waals surface area (Å²) in [7, 11) is 0. The number of nitrogens with zero attached hydrogens (tertiary/aromatic N) is 2. The molecule has 2 N–H and O–H groups in total. The summed E-state index contributed by atoms with van der Waals surface area (Å²) in [4.78, 5) is 7.30. The first-order valence-electron chi connectivity index (χ1n) is 9.00. The molecule has 22 heavy (non-hydrogen) atoms. The van der Waals surface area contributed by atoms with Crippen LogP contribution in [0.2, 0.25) is 0 Å². The lowest BCUT2D eigenvalue weighted by atomic mass is 10.0. The minimum atomic E-state index is -0.0660. The lowest BCUT2D eigenvalue weighted by molar-refractivity contribution is 0.0283. The molecule has 2 aliphatic rings. The minimum absolute atomic E-state index is 0.0660. The van der Waals surface area contributed by atoms with Crippen LogP contribution in [0.3, 0.4) is 0 Å². The molecule has 2 atom stereocenters. The predicted molar refractivity (Wildman–Crippen MR) is 92.4 cm³/mol. The molecule has 0 radical (unpaired) electrons. The Balaban J connectivity index is 1.74. The Morgan fingerprint density at radius 3 is 2.68 bits per heavy atom. The normalized spacial score (nSPS) is 28.0. The molecule has 5 heteroatoms.